The van der Waals surface area contributed by atoms with E-state index in [2.05, 4.69) is 0 Å². The van der Waals surface area contributed by atoms with E-state index < -0.39 is 0 Å². The van der Waals surface area contributed by atoms with Gasteiger partial charge in [0.15, 0.2) is 0 Å². The van der Waals surface area contributed by atoms with E-state index in [-0.39, 0.29) is 10.8 Å². The van der Waals surface area contributed by atoms with Gasteiger partial charge >= 0.3 is 0 Å². The molecule has 2 N–H and O–H groups in total. The SMILES string of the molecule is COCCOCCOCc1ccc(F)cc1C(N)=S. The van der Waals surface area contributed by atoms with Crippen molar-refractivity contribution < 1.29 is 18.6 Å². The zero-order valence-corrected chi connectivity index (χ0v) is 11.7. The minimum atomic E-state index is -0.366. The molecule has 0 aromatic heterocycles. The van der Waals surface area contributed by atoms with Gasteiger partial charge in [0, 0.05) is 12.7 Å². The molecule has 0 aliphatic carbocycles. The largest absolute Gasteiger partial charge is 0.389 e. The van der Waals surface area contributed by atoms with Crippen LogP contribution < -0.4 is 5.73 Å². The minimum Gasteiger partial charge on any atom is -0.389 e. The van der Waals surface area contributed by atoms with Gasteiger partial charge in [-0.25, -0.2) is 4.39 Å². The Labute approximate surface area is 117 Å². The highest BCUT2D eigenvalue weighted by molar-refractivity contribution is 7.80. The van der Waals surface area contributed by atoms with Crippen LogP contribution in [0.1, 0.15) is 11.1 Å². The zero-order chi connectivity index (χ0) is 14.1. The fourth-order valence-corrected chi connectivity index (χ4v) is 1.64. The Morgan fingerprint density at radius 1 is 1.21 bits per heavy atom. The first-order valence-electron chi connectivity index (χ1n) is 5.87. The first kappa shape index (κ1) is 16.0. The van der Waals surface area contributed by atoms with Crippen molar-refractivity contribution in [3.63, 3.8) is 0 Å². The molecule has 0 aliphatic rings. The number of benzene rings is 1. The molecule has 0 fully saturated rings. The lowest BCUT2D eigenvalue weighted by Crippen LogP contribution is -2.14. The number of hydrogen-bond acceptors (Lipinski definition) is 4. The van der Waals surface area contributed by atoms with Gasteiger partial charge in [-0.05, 0) is 17.7 Å². The lowest BCUT2D eigenvalue weighted by Gasteiger charge is -2.09. The van der Waals surface area contributed by atoms with Gasteiger partial charge in [0.25, 0.3) is 0 Å². The summed E-state index contributed by atoms with van der Waals surface area (Å²) in [5.74, 6) is -0.366. The van der Waals surface area contributed by atoms with E-state index >= 15 is 0 Å². The molecule has 0 saturated heterocycles. The van der Waals surface area contributed by atoms with Crippen molar-refractivity contribution in [1.82, 2.24) is 0 Å². The van der Waals surface area contributed by atoms with Gasteiger partial charge in [0.2, 0.25) is 0 Å². The van der Waals surface area contributed by atoms with E-state index in [1.165, 1.54) is 12.1 Å². The fourth-order valence-electron chi connectivity index (χ4n) is 1.45. The summed E-state index contributed by atoms with van der Waals surface area (Å²) in [6.45, 7) is 2.34. The Balaban J connectivity index is 2.35. The maximum absolute atomic E-state index is 13.1. The second kappa shape index (κ2) is 8.92. The number of thiocarbonyl (C=S) groups is 1. The van der Waals surface area contributed by atoms with Crippen LogP contribution in [0.3, 0.4) is 0 Å². The molecular formula is C13H18FNO3S. The van der Waals surface area contributed by atoms with Crippen molar-refractivity contribution >= 4 is 17.2 Å². The van der Waals surface area contributed by atoms with Crippen LogP contribution in [-0.4, -0.2) is 38.5 Å². The van der Waals surface area contributed by atoms with Crippen molar-refractivity contribution in [1.29, 1.82) is 0 Å². The predicted octanol–water partition coefficient (Wildman–Crippen LogP) is 1.64. The smallest absolute Gasteiger partial charge is 0.123 e. The van der Waals surface area contributed by atoms with Gasteiger partial charge in [0.1, 0.15) is 10.8 Å². The molecule has 1 aromatic carbocycles. The Hall–Kier alpha value is -1.08. The molecule has 0 saturated carbocycles. The molecule has 0 heterocycles. The summed E-state index contributed by atoms with van der Waals surface area (Å²) in [4.78, 5) is 0.162. The summed E-state index contributed by atoms with van der Waals surface area (Å²) in [6, 6.07) is 4.29. The third kappa shape index (κ3) is 6.07. The second-order valence-electron chi connectivity index (χ2n) is 3.82. The van der Waals surface area contributed by atoms with Crippen molar-refractivity contribution in [2.24, 2.45) is 5.73 Å². The Morgan fingerprint density at radius 2 is 1.89 bits per heavy atom. The molecule has 0 spiro atoms. The Kier molecular flexibility index (Phi) is 7.50. The predicted molar refractivity (Wildman–Crippen MR) is 74.6 cm³/mol. The monoisotopic (exact) mass is 287 g/mol. The van der Waals surface area contributed by atoms with Gasteiger partial charge < -0.3 is 19.9 Å². The van der Waals surface area contributed by atoms with Crippen LogP contribution >= 0.6 is 12.2 Å². The quantitative estimate of drug-likeness (QED) is 0.553. The lowest BCUT2D eigenvalue weighted by atomic mass is 10.1. The third-order valence-electron chi connectivity index (χ3n) is 2.40. The molecule has 0 aliphatic heterocycles. The van der Waals surface area contributed by atoms with Crippen LogP contribution in [0.4, 0.5) is 4.39 Å². The normalized spacial score (nSPS) is 10.6. The summed E-state index contributed by atoms with van der Waals surface area (Å²) in [5.41, 5.74) is 6.82. The summed E-state index contributed by atoms with van der Waals surface area (Å²) in [7, 11) is 1.62. The number of halogens is 1. The number of ether oxygens (including phenoxy) is 3. The Morgan fingerprint density at radius 3 is 2.58 bits per heavy atom. The van der Waals surface area contributed by atoms with Crippen LogP contribution in [-0.2, 0) is 20.8 Å². The zero-order valence-electron chi connectivity index (χ0n) is 10.9. The van der Waals surface area contributed by atoms with E-state index in [1.54, 1.807) is 13.2 Å². The third-order valence-corrected chi connectivity index (χ3v) is 2.62. The molecule has 1 rings (SSSR count). The van der Waals surface area contributed by atoms with Crippen LogP contribution in [0.5, 0.6) is 0 Å². The van der Waals surface area contributed by atoms with Gasteiger partial charge in [-0.2, -0.15) is 0 Å². The van der Waals surface area contributed by atoms with E-state index in [0.717, 1.165) is 5.56 Å². The summed E-state index contributed by atoms with van der Waals surface area (Å²) in [6.07, 6.45) is 0. The molecule has 0 radical (unpaired) electrons. The van der Waals surface area contributed by atoms with Crippen molar-refractivity contribution in [2.75, 3.05) is 33.5 Å². The highest BCUT2D eigenvalue weighted by Gasteiger charge is 2.06. The van der Waals surface area contributed by atoms with Crippen molar-refractivity contribution in [3.05, 3.63) is 35.1 Å². The average molecular weight is 287 g/mol. The van der Waals surface area contributed by atoms with E-state index in [1.807, 2.05) is 0 Å². The van der Waals surface area contributed by atoms with Gasteiger partial charge in [-0.3, -0.25) is 0 Å². The molecule has 0 atom stereocenters. The summed E-state index contributed by atoms with van der Waals surface area (Å²) >= 11 is 4.88. The minimum absolute atomic E-state index is 0.162. The first-order chi connectivity index (χ1) is 9.15. The van der Waals surface area contributed by atoms with Crippen LogP contribution in [0, 0.1) is 5.82 Å². The van der Waals surface area contributed by atoms with E-state index in [4.69, 9.17) is 32.2 Å². The molecule has 4 nitrogen and oxygen atoms in total. The van der Waals surface area contributed by atoms with Crippen LogP contribution in [0.25, 0.3) is 0 Å². The maximum atomic E-state index is 13.1. The number of rotatable bonds is 9. The van der Waals surface area contributed by atoms with Crippen molar-refractivity contribution in [2.45, 2.75) is 6.61 Å². The van der Waals surface area contributed by atoms with E-state index in [9.17, 15) is 4.39 Å². The standard InChI is InChI=1S/C13H18FNO3S/c1-16-4-5-17-6-7-18-9-10-2-3-11(14)8-12(10)13(15)19/h2-3,8H,4-7,9H2,1H3,(H2,15,19). The topological polar surface area (TPSA) is 53.7 Å². The average Bonchev–Trinajstić information content (AvgIpc) is 2.39. The Bertz CT molecular complexity index is 415. The number of methoxy groups -OCH3 is 1. The number of nitrogens with two attached hydrogens (primary N) is 1. The molecule has 106 valence electrons. The highest BCUT2D eigenvalue weighted by Crippen LogP contribution is 2.12. The van der Waals surface area contributed by atoms with Crippen LogP contribution in [0.2, 0.25) is 0 Å². The van der Waals surface area contributed by atoms with Crippen molar-refractivity contribution in [3.8, 4) is 0 Å². The fraction of sp³-hybridized carbons (Fsp3) is 0.462. The maximum Gasteiger partial charge on any atom is 0.123 e. The number of hydrogen-bond donors (Lipinski definition) is 1. The second-order valence-corrected chi connectivity index (χ2v) is 4.26. The summed E-state index contributed by atoms with van der Waals surface area (Å²) < 4.78 is 28.6. The molecular weight excluding hydrogens is 269 g/mol. The molecule has 19 heavy (non-hydrogen) atoms. The van der Waals surface area contributed by atoms with Gasteiger partial charge in [0.05, 0.1) is 33.0 Å². The lowest BCUT2D eigenvalue weighted by molar-refractivity contribution is 0.0199. The van der Waals surface area contributed by atoms with E-state index in [0.29, 0.717) is 38.6 Å². The molecule has 0 unspecified atom stereocenters. The van der Waals surface area contributed by atoms with Crippen LogP contribution in [0.15, 0.2) is 18.2 Å². The van der Waals surface area contributed by atoms with Gasteiger partial charge in [-0.1, -0.05) is 18.3 Å². The summed E-state index contributed by atoms with van der Waals surface area (Å²) in [5, 5.41) is 0. The molecule has 0 amide bonds. The molecule has 1 aromatic rings. The first-order valence-corrected chi connectivity index (χ1v) is 6.28. The molecule has 6 heteroatoms. The highest BCUT2D eigenvalue weighted by atomic mass is 32.1. The van der Waals surface area contributed by atoms with Gasteiger partial charge in [-0.15, -0.1) is 0 Å². The molecule has 0 bridgehead atoms.